The Hall–Kier alpha value is -2.41. The van der Waals surface area contributed by atoms with E-state index in [2.05, 4.69) is 20.4 Å². The molecule has 1 aliphatic rings. The van der Waals surface area contributed by atoms with Gasteiger partial charge in [0, 0.05) is 19.6 Å². The summed E-state index contributed by atoms with van der Waals surface area (Å²) >= 11 is 0. The van der Waals surface area contributed by atoms with Crippen molar-refractivity contribution >= 4 is 5.91 Å². The Morgan fingerprint density at radius 2 is 1.88 bits per heavy atom. The lowest BCUT2D eigenvalue weighted by atomic mass is 9.96. The highest BCUT2D eigenvalue weighted by molar-refractivity contribution is 5.80. The number of para-hydroxylation sites is 1. The summed E-state index contributed by atoms with van der Waals surface area (Å²) in [5, 5.41) is 10.7. The molecule has 0 aliphatic carbocycles. The molecule has 0 bridgehead atoms. The smallest absolute Gasteiger partial charge is 0.260 e. The molecule has 1 amide bonds. The van der Waals surface area contributed by atoms with Crippen LogP contribution >= 0.6 is 0 Å². The monoisotopic (exact) mass is 357 g/mol. The fourth-order valence-electron chi connectivity index (χ4n) is 3.15. The van der Waals surface area contributed by atoms with Crippen LogP contribution in [0, 0.1) is 5.92 Å². The van der Waals surface area contributed by atoms with Gasteiger partial charge in [0.25, 0.3) is 5.91 Å². The lowest BCUT2D eigenvalue weighted by molar-refractivity contribution is -0.127. The zero-order valence-electron chi connectivity index (χ0n) is 15.3. The van der Waals surface area contributed by atoms with E-state index < -0.39 is 6.10 Å². The van der Waals surface area contributed by atoms with Crippen molar-refractivity contribution in [1.82, 2.24) is 25.0 Å². The third kappa shape index (κ3) is 5.56. The summed E-state index contributed by atoms with van der Waals surface area (Å²) in [6, 6.07) is 9.45. The van der Waals surface area contributed by atoms with Gasteiger partial charge in [-0.1, -0.05) is 18.2 Å². The van der Waals surface area contributed by atoms with Gasteiger partial charge in [-0.05, 0) is 50.9 Å². The van der Waals surface area contributed by atoms with E-state index in [0.29, 0.717) is 5.92 Å². The number of nitrogens with zero attached hydrogens (tertiary/aromatic N) is 4. The standard InChI is InChI=1S/C19H27N5O2/c1-16(26-18-5-3-2-4-6-18)19(25)20-13-17-7-9-23(10-8-17)11-12-24-14-21-22-15-24/h2-6,14-17H,7-13H2,1H3,(H,20,25). The molecule has 0 radical (unpaired) electrons. The van der Waals surface area contributed by atoms with Crippen LogP contribution in [0.5, 0.6) is 5.75 Å². The van der Waals surface area contributed by atoms with Gasteiger partial charge in [0.1, 0.15) is 18.4 Å². The number of nitrogens with one attached hydrogen (secondary N) is 1. The van der Waals surface area contributed by atoms with Crippen LogP contribution in [0.1, 0.15) is 19.8 Å². The second-order valence-corrected chi connectivity index (χ2v) is 6.80. The van der Waals surface area contributed by atoms with E-state index in [4.69, 9.17) is 4.74 Å². The van der Waals surface area contributed by atoms with Crippen molar-refractivity contribution in [1.29, 1.82) is 0 Å². The first-order valence-corrected chi connectivity index (χ1v) is 9.25. The van der Waals surface area contributed by atoms with Gasteiger partial charge in [0.15, 0.2) is 6.10 Å². The number of aromatic nitrogens is 3. The Labute approximate surface area is 154 Å². The maximum absolute atomic E-state index is 12.2. The van der Waals surface area contributed by atoms with Crippen molar-refractivity contribution in [2.45, 2.75) is 32.4 Å². The first-order valence-electron chi connectivity index (χ1n) is 9.25. The molecule has 7 heteroatoms. The molecule has 0 saturated carbocycles. The normalized spacial score (nSPS) is 17.0. The summed E-state index contributed by atoms with van der Waals surface area (Å²) in [6.07, 6.45) is 5.23. The molecule has 1 saturated heterocycles. The number of hydrogen-bond acceptors (Lipinski definition) is 5. The van der Waals surface area contributed by atoms with Crippen molar-refractivity contribution < 1.29 is 9.53 Å². The number of hydrogen-bond donors (Lipinski definition) is 1. The van der Waals surface area contributed by atoms with Crippen molar-refractivity contribution in [3.05, 3.63) is 43.0 Å². The lowest BCUT2D eigenvalue weighted by Crippen LogP contribution is -2.42. The molecule has 1 aromatic carbocycles. The van der Waals surface area contributed by atoms with E-state index in [1.54, 1.807) is 19.6 Å². The van der Waals surface area contributed by atoms with Crippen LogP contribution in [0.3, 0.4) is 0 Å². The molecule has 140 valence electrons. The Kier molecular flexibility index (Phi) is 6.60. The van der Waals surface area contributed by atoms with Crippen LogP contribution < -0.4 is 10.1 Å². The predicted octanol–water partition coefficient (Wildman–Crippen LogP) is 1.57. The Morgan fingerprint density at radius 1 is 1.19 bits per heavy atom. The van der Waals surface area contributed by atoms with Gasteiger partial charge in [-0.2, -0.15) is 0 Å². The lowest BCUT2D eigenvalue weighted by Gasteiger charge is -2.32. The predicted molar refractivity (Wildman–Crippen MR) is 98.7 cm³/mol. The van der Waals surface area contributed by atoms with Crippen LogP contribution in [0.2, 0.25) is 0 Å². The van der Waals surface area contributed by atoms with E-state index in [1.807, 2.05) is 34.9 Å². The minimum Gasteiger partial charge on any atom is -0.481 e. The van der Waals surface area contributed by atoms with Gasteiger partial charge in [-0.15, -0.1) is 10.2 Å². The molecule has 1 N–H and O–H groups in total. The molecule has 2 heterocycles. The third-order valence-electron chi connectivity index (χ3n) is 4.84. The molecule has 26 heavy (non-hydrogen) atoms. The summed E-state index contributed by atoms with van der Waals surface area (Å²) in [4.78, 5) is 14.7. The average Bonchev–Trinajstić information content (AvgIpc) is 3.19. The van der Waals surface area contributed by atoms with E-state index in [9.17, 15) is 4.79 Å². The maximum atomic E-state index is 12.2. The Bertz CT molecular complexity index is 654. The van der Waals surface area contributed by atoms with Crippen LogP contribution in [0.25, 0.3) is 0 Å². The Balaban J connectivity index is 1.32. The molecule has 2 aromatic rings. The molecular weight excluding hydrogens is 330 g/mol. The second kappa shape index (κ2) is 9.33. The van der Waals surface area contributed by atoms with Gasteiger partial charge in [-0.25, -0.2) is 0 Å². The summed E-state index contributed by atoms with van der Waals surface area (Å²) in [5.41, 5.74) is 0. The Morgan fingerprint density at radius 3 is 2.58 bits per heavy atom. The first-order chi connectivity index (χ1) is 12.7. The molecule has 7 nitrogen and oxygen atoms in total. The highest BCUT2D eigenvalue weighted by Gasteiger charge is 2.21. The molecular formula is C19H27N5O2. The highest BCUT2D eigenvalue weighted by Crippen LogP contribution is 2.16. The molecule has 1 atom stereocenters. The fourth-order valence-corrected chi connectivity index (χ4v) is 3.15. The summed E-state index contributed by atoms with van der Waals surface area (Å²) in [6.45, 7) is 6.58. The van der Waals surface area contributed by atoms with Crippen LogP contribution in [0.15, 0.2) is 43.0 Å². The van der Waals surface area contributed by atoms with Gasteiger partial charge < -0.3 is 19.5 Å². The average molecular weight is 357 g/mol. The van der Waals surface area contributed by atoms with E-state index in [0.717, 1.165) is 51.3 Å². The molecule has 3 rings (SSSR count). The number of rotatable bonds is 8. The molecule has 1 fully saturated rings. The minimum absolute atomic E-state index is 0.0520. The number of amides is 1. The van der Waals surface area contributed by atoms with Crippen LogP contribution in [-0.4, -0.2) is 57.9 Å². The zero-order chi connectivity index (χ0) is 18.2. The number of carbonyl (C=O) groups excluding carboxylic acids is 1. The van der Waals surface area contributed by atoms with E-state index >= 15 is 0 Å². The number of ether oxygens (including phenoxy) is 1. The topological polar surface area (TPSA) is 72.3 Å². The summed E-state index contributed by atoms with van der Waals surface area (Å²) in [7, 11) is 0. The summed E-state index contributed by atoms with van der Waals surface area (Å²) in [5.74, 6) is 1.20. The van der Waals surface area contributed by atoms with Gasteiger partial charge in [-0.3, -0.25) is 4.79 Å². The van der Waals surface area contributed by atoms with Gasteiger partial charge in [0.2, 0.25) is 0 Å². The number of piperidine rings is 1. The molecule has 0 spiro atoms. The van der Waals surface area contributed by atoms with Crippen molar-refractivity contribution in [3.63, 3.8) is 0 Å². The first kappa shape index (κ1) is 18.4. The zero-order valence-corrected chi connectivity index (χ0v) is 15.3. The second-order valence-electron chi connectivity index (χ2n) is 6.80. The van der Waals surface area contributed by atoms with Crippen LogP contribution in [0.4, 0.5) is 0 Å². The number of carbonyl (C=O) groups is 1. The minimum atomic E-state index is -0.485. The molecule has 1 unspecified atom stereocenters. The maximum Gasteiger partial charge on any atom is 0.260 e. The highest BCUT2D eigenvalue weighted by atomic mass is 16.5. The summed E-state index contributed by atoms with van der Waals surface area (Å²) < 4.78 is 7.67. The van der Waals surface area contributed by atoms with Crippen molar-refractivity contribution in [3.8, 4) is 5.75 Å². The molecule has 1 aliphatic heterocycles. The number of benzene rings is 1. The fraction of sp³-hybridized carbons (Fsp3) is 0.526. The van der Waals surface area contributed by atoms with Gasteiger partial charge >= 0.3 is 0 Å². The SMILES string of the molecule is CC(Oc1ccccc1)C(=O)NCC1CCN(CCn2cnnc2)CC1. The van der Waals surface area contributed by atoms with Gasteiger partial charge in [0.05, 0.1) is 0 Å². The quantitative estimate of drug-likeness (QED) is 0.776. The van der Waals surface area contributed by atoms with Crippen LogP contribution in [-0.2, 0) is 11.3 Å². The third-order valence-corrected chi connectivity index (χ3v) is 4.84. The largest absolute Gasteiger partial charge is 0.481 e. The van der Waals surface area contributed by atoms with E-state index in [1.165, 1.54) is 0 Å². The van der Waals surface area contributed by atoms with Crippen molar-refractivity contribution in [2.24, 2.45) is 5.92 Å². The van der Waals surface area contributed by atoms with E-state index in [-0.39, 0.29) is 5.91 Å². The number of likely N-dealkylation sites (tertiary alicyclic amines) is 1. The van der Waals surface area contributed by atoms with Crippen molar-refractivity contribution in [2.75, 3.05) is 26.2 Å². The molecule has 1 aromatic heterocycles.